The lowest BCUT2D eigenvalue weighted by atomic mass is 9.75. The third-order valence-electron chi connectivity index (χ3n) is 5.93. The van der Waals surface area contributed by atoms with E-state index in [0.29, 0.717) is 38.4 Å². The molecule has 7 nitrogen and oxygen atoms in total. The van der Waals surface area contributed by atoms with Gasteiger partial charge in [0.25, 0.3) is 5.91 Å². The fraction of sp³-hybridized carbons (Fsp3) is 0.455. The van der Waals surface area contributed by atoms with Gasteiger partial charge in [-0.3, -0.25) is 9.59 Å². The molecule has 0 saturated carbocycles. The minimum absolute atomic E-state index is 0.0857. The van der Waals surface area contributed by atoms with Crippen LogP contribution in [0.5, 0.6) is 5.75 Å². The zero-order valence-electron chi connectivity index (χ0n) is 16.6. The Morgan fingerprint density at radius 3 is 2.66 bits per heavy atom. The lowest BCUT2D eigenvalue weighted by Crippen LogP contribution is -2.64. The van der Waals surface area contributed by atoms with Crippen molar-refractivity contribution in [2.45, 2.75) is 25.3 Å². The number of piperidine rings is 1. The number of furan rings is 1. The molecule has 2 fully saturated rings. The SMILES string of the molecule is COc1cccc(CC2(C(=O)NC3CCN(C(=O)c4ccco4)CC3)CNC2)c1. The Bertz CT molecular complexity index is 853. The molecular weight excluding hydrogens is 370 g/mol. The van der Waals surface area contributed by atoms with Gasteiger partial charge in [-0.15, -0.1) is 0 Å². The molecule has 2 saturated heterocycles. The molecule has 7 heteroatoms. The van der Waals surface area contributed by atoms with Gasteiger partial charge >= 0.3 is 0 Å². The van der Waals surface area contributed by atoms with Crippen LogP contribution in [-0.2, 0) is 11.2 Å². The van der Waals surface area contributed by atoms with E-state index in [1.54, 1.807) is 24.1 Å². The predicted octanol–water partition coefficient (Wildman–Crippen LogP) is 1.84. The van der Waals surface area contributed by atoms with Crippen molar-refractivity contribution in [1.29, 1.82) is 0 Å². The van der Waals surface area contributed by atoms with Gasteiger partial charge in [-0.25, -0.2) is 0 Å². The maximum atomic E-state index is 13.1. The van der Waals surface area contributed by atoms with Crippen LogP contribution < -0.4 is 15.4 Å². The third kappa shape index (κ3) is 4.15. The summed E-state index contributed by atoms with van der Waals surface area (Å²) in [5, 5.41) is 6.48. The Morgan fingerprint density at radius 2 is 2.03 bits per heavy atom. The van der Waals surface area contributed by atoms with Crippen molar-refractivity contribution in [2.75, 3.05) is 33.3 Å². The molecule has 0 bridgehead atoms. The lowest BCUT2D eigenvalue weighted by Gasteiger charge is -2.43. The number of amides is 2. The molecule has 2 aliphatic rings. The van der Waals surface area contributed by atoms with Crippen molar-refractivity contribution >= 4 is 11.8 Å². The van der Waals surface area contributed by atoms with Crippen LogP contribution >= 0.6 is 0 Å². The van der Waals surface area contributed by atoms with Crippen LogP contribution in [0.25, 0.3) is 0 Å². The van der Waals surface area contributed by atoms with E-state index in [0.717, 1.165) is 24.2 Å². The highest BCUT2D eigenvalue weighted by atomic mass is 16.5. The summed E-state index contributed by atoms with van der Waals surface area (Å²) in [5.74, 6) is 1.18. The van der Waals surface area contributed by atoms with E-state index in [2.05, 4.69) is 10.6 Å². The van der Waals surface area contributed by atoms with Gasteiger partial charge in [-0.1, -0.05) is 12.1 Å². The van der Waals surface area contributed by atoms with Crippen molar-refractivity contribution in [3.05, 3.63) is 54.0 Å². The summed E-state index contributed by atoms with van der Waals surface area (Å²) in [7, 11) is 1.65. The first kappa shape index (κ1) is 19.5. The maximum Gasteiger partial charge on any atom is 0.289 e. The highest BCUT2D eigenvalue weighted by Crippen LogP contribution is 2.30. The minimum Gasteiger partial charge on any atom is -0.497 e. The van der Waals surface area contributed by atoms with Crippen LogP contribution in [0.4, 0.5) is 0 Å². The Balaban J connectivity index is 1.33. The second kappa shape index (κ2) is 8.29. The molecule has 29 heavy (non-hydrogen) atoms. The molecule has 2 amide bonds. The Morgan fingerprint density at radius 1 is 1.24 bits per heavy atom. The summed E-state index contributed by atoms with van der Waals surface area (Å²) in [6.45, 7) is 2.58. The summed E-state index contributed by atoms with van der Waals surface area (Å²) in [4.78, 5) is 27.3. The first-order valence-corrected chi connectivity index (χ1v) is 10.1. The Hall–Kier alpha value is -2.80. The largest absolute Gasteiger partial charge is 0.497 e. The van der Waals surface area contributed by atoms with Gasteiger partial charge < -0.3 is 24.7 Å². The number of ether oxygens (including phenoxy) is 1. The summed E-state index contributed by atoms with van der Waals surface area (Å²) in [5.41, 5.74) is 0.674. The molecule has 3 heterocycles. The fourth-order valence-corrected chi connectivity index (χ4v) is 4.09. The average Bonchev–Trinajstić information content (AvgIpc) is 3.25. The number of hydrogen-bond acceptors (Lipinski definition) is 5. The molecular formula is C22H27N3O4. The number of carbonyl (C=O) groups excluding carboxylic acids is 2. The summed E-state index contributed by atoms with van der Waals surface area (Å²) < 4.78 is 10.5. The van der Waals surface area contributed by atoms with Crippen LogP contribution in [0, 0.1) is 5.41 Å². The molecule has 0 atom stereocenters. The zero-order valence-corrected chi connectivity index (χ0v) is 16.6. The zero-order chi connectivity index (χ0) is 20.3. The average molecular weight is 397 g/mol. The second-order valence-electron chi connectivity index (χ2n) is 7.93. The van der Waals surface area contributed by atoms with Crippen molar-refractivity contribution in [3.8, 4) is 5.75 Å². The van der Waals surface area contributed by atoms with Gasteiger partial charge in [0.05, 0.1) is 18.8 Å². The van der Waals surface area contributed by atoms with Crippen LogP contribution in [0.1, 0.15) is 29.0 Å². The van der Waals surface area contributed by atoms with E-state index < -0.39 is 5.41 Å². The molecule has 2 aliphatic heterocycles. The van der Waals surface area contributed by atoms with Crippen molar-refractivity contribution in [3.63, 3.8) is 0 Å². The molecule has 1 aromatic heterocycles. The third-order valence-corrected chi connectivity index (χ3v) is 5.93. The standard InChI is InChI=1S/C22H27N3O4/c1-28-18-5-2-4-16(12-18)13-22(14-23-15-22)21(27)24-17-7-9-25(10-8-17)20(26)19-6-3-11-29-19/h2-6,11-12,17,23H,7-10,13-15H2,1H3,(H,24,27). The molecule has 0 aliphatic carbocycles. The van der Waals surface area contributed by atoms with Crippen molar-refractivity contribution in [2.24, 2.45) is 5.41 Å². The Labute approximate surface area is 170 Å². The molecule has 2 N–H and O–H groups in total. The number of methoxy groups -OCH3 is 1. The van der Waals surface area contributed by atoms with Crippen LogP contribution in [0.3, 0.4) is 0 Å². The van der Waals surface area contributed by atoms with Crippen molar-refractivity contribution < 1.29 is 18.7 Å². The van der Waals surface area contributed by atoms with Gasteiger partial charge in [0.15, 0.2) is 5.76 Å². The normalized spacial score (nSPS) is 18.7. The number of benzene rings is 1. The number of rotatable bonds is 6. The van der Waals surface area contributed by atoms with E-state index >= 15 is 0 Å². The summed E-state index contributed by atoms with van der Waals surface area (Å²) >= 11 is 0. The minimum atomic E-state index is -0.423. The number of likely N-dealkylation sites (tertiary alicyclic amines) is 1. The van der Waals surface area contributed by atoms with Gasteiger partial charge in [-0.2, -0.15) is 0 Å². The van der Waals surface area contributed by atoms with E-state index in [9.17, 15) is 9.59 Å². The van der Waals surface area contributed by atoms with Crippen LogP contribution in [-0.4, -0.2) is 56.0 Å². The number of nitrogens with zero attached hydrogens (tertiary/aromatic N) is 1. The maximum absolute atomic E-state index is 13.1. The first-order chi connectivity index (χ1) is 14.1. The van der Waals surface area contributed by atoms with Crippen LogP contribution in [0.15, 0.2) is 47.1 Å². The topological polar surface area (TPSA) is 83.8 Å². The number of hydrogen-bond donors (Lipinski definition) is 2. The van der Waals surface area contributed by atoms with E-state index in [1.165, 1.54) is 6.26 Å². The molecule has 0 spiro atoms. The molecule has 1 aromatic carbocycles. The van der Waals surface area contributed by atoms with Crippen LogP contribution in [0.2, 0.25) is 0 Å². The predicted molar refractivity (Wildman–Crippen MR) is 108 cm³/mol. The van der Waals surface area contributed by atoms with E-state index in [1.807, 2.05) is 24.3 Å². The summed E-state index contributed by atoms with van der Waals surface area (Å²) in [6.07, 6.45) is 3.69. The van der Waals surface area contributed by atoms with Gasteiger partial charge in [-0.05, 0) is 49.1 Å². The van der Waals surface area contributed by atoms with Gasteiger partial charge in [0.2, 0.25) is 5.91 Å². The highest BCUT2D eigenvalue weighted by molar-refractivity contribution is 5.91. The first-order valence-electron chi connectivity index (χ1n) is 10.1. The van der Waals surface area contributed by atoms with Gasteiger partial charge in [0.1, 0.15) is 5.75 Å². The smallest absolute Gasteiger partial charge is 0.289 e. The van der Waals surface area contributed by atoms with E-state index in [4.69, 9.17) is 9.15 Å². The number of nitrogens with one attached hydrogen (secondary N) is 2. The molecule has 154 valence electrons. The molecule has 0 unspecified atom stereocenters. The molecule has 2 aromatic rings. The molecule has 4 rings (SSSR count). The highest BCUT2D eigenvalue weighted by Gasteiger charge is 2.45. The number of carbonyl (C=O) groups is 2. The quantitative estimate of drug-likeness (QED) is 0.777. The Kier molecular flexibility index (Phi) is 5.58. The summed E-state index contributed by atoms with van der Waals surface area (Å²) in [6, 6.07) is 11.4. The lowest BCUT2D eigenvalue weighted by molar-refractivity contribution is -0.135. The van der Waals surface area contributed by atoms with Crippen molar-refractivity contribution in [1.82, 2.24) is 15.5 Å². The molecule has 0 radical (unpaired) electrons. The second-order valence-corrected chi connectivity index (χ2v) is 7.93. The van der Waals surface area contributed by atoms with Gasteiger partial charge in [0, 0.05) is 32.2 Å². The fourth-order valence-electron chi connectivity index (χ4n) is 4.09. The van der Waals surface area contributed by atoms with E-state index in [-0.39, 0.29) is 17.9 Å². The monoisotopic (exact) mass is 397 g/mol.